The van der Waals surface area contributed by atoms with Crippen molar-refractivity contribution in [1.82, 2.24) is 9.97 Å². The quantitative estimate of drug-likeness (QED) is 0.284. The molecule has 3 aromatic carbocycles. The zero-order valence-corrected chi connectivity index (χ0v) is 17.6. The van der Waals surface area contributed by atoms with Gasteiger partial charge in [-0.3, -0.25) is 0 Å². The number of alkyl halides is 3. The van der Waals surface area contributed by atoms with E-state index >= 15 is 0 Å². The van der Waals surface area contributed by atoms with Crippen molar-refractivity contribution in [2.24, 2.45) is 0 Å². The Morgan fingerprint density at radius 1 is 0.706 bits per heavy atom. The molecule has 0 fully saturated rings. The summed E-state index contributed by atoms with van der Waals surface area (Å²) < 4.78 is 83.3. The van der Waals surface area contributed by atoms with Gasteiger partial charge in [0.25, 0.3) is 0 Å². The number of halogens is 6. The first kappa shape index (κ1) is 23.3. The fourth-order valence-electron chi connectivity index (χ4n) is 3.41. The van der Waals surface area contributed by atoms with Gasteiger partial charge in [-0.1, -0.05) is 37.3 Å². The van der Waals surface area contributed by atoms with E-state index in [4.69, 9.17) is 0 Å². The van der Waals surface area contributed by atoms with Gasteiger partial charge in [0.15, 0.2) is 17.4 Å². The Morgan fingerprint density at radius 2 is 1.26 bits per heavy atom. The Balaban J connectivity index is 1.56. The first-order valence-corrected chi connectivity index (χ1v) is 10.1. The van der Waals surface area contributed by atoms with E-state index in [2.05, 4.69) is 14.7 Å². The topological polar surface area (TPSA) is 35.0 Å². The van der Waals surface area contributed by atoms with Crippen LogP contribution in [0, 0.1) is 17.5 Å². The highest BCUT2D eigenvalue weighted by Crippen LogP contribution is 2.31. The SMILES string of the molecule is CCc1cc(F)c(-c2cnc(-c3ccc(-c4ccc(OC(F)(F)F)c(F)c4)cc3)nc2)c(F)c1. The maximum atomic E-state index is 14.4. The number of ether oxygens (including phenoxy) is 1. The Morgan fingerprint density at radius 3 is 1.79 bits per heavy atom. The number of aryl methyl sites for hydroxylation is 1. The lowest BCUT2D eigenvalue weighted by Crippen LogP contribution is -2.17. The van der Waals surface area contributed by atoms with Crippen LogP contribution in [0.2, 0.25) is 0 Å². The van der Waals surface area contributed by atoms with Crippen LogP contribution in [0.25, 0.3) is 33.6 Å². The van der Waals surface area contributed by atoms with Crippen LogP contribution < -0.4 is 4.74 Å². The second kappa shape index (κ2) is 9.17. The Labute approximate surface area is 190 Å². The van der Waals surface area contributed by atoms with Crippen molar-refractivity contribution >= 4 is 0 Å². The van der Waals surface area contributed by atoms with Crippen molar-refractivity contribution in [2.45, 2.75) is 19.7 Å². The monoisotopic (exact) mass is 474 g/mol. The van der Waals surface area contributed by atoms with Crippen molar-refractivity contribution in [2.75, 3.05) is 0 Å². The molecule has 4 rings (SSSR count). The Kier molecular flexibility index (Phi) is 6.28. The minimum absolute atomic E-state index is 0.190. The lowest BCUT2D eigenvalue weighted by atomic mass is 10.0. The summed E-state index contributed by atoms with van der Waals surface area (Å²) in [4.78, 5) is 8.37. The maximum Gasteiger partial charge on any atom is 0.573 e. The van der Waals surface area contributed by atoms with E-state index < -0.39 is 29.6 Å². The molecule has 0 bridgehead atoms. The predicted octanol–water partition coefficient (Wildman–Crippen LogP) is 7.36. The third kappa shape index (κ3) is 5.03. The van der Waals surface area contributed by atoms with E-state index in [0.717, 1.165) is 12.1 Å². The zero-order chi connectivity index (χ0) is 24.5. The predicted molar refractivity (Wildman–Crippen MR) is 114 cm³/mol. The number of hydrogen-bond acceptors (Lipinski definition) is 3. The largest absolute Gasteiger partial charge is 0.573 e. The zero-order valence-electron chi connectivity index (χ0n) is 17.6. The molecule has 0 amide bonds. The molecule has 0 unspecified atom stereocenters. The van der Waals surface area contributed by atoms with Crippen LogP contribution in [0.3, 0.4) is 0 Å². The van der Waals surface area contributed by atoms with Gasteiger partial charge < -0.3 is 4.74 Å². The molecule has 4 aromatic rings. The molecule has 0 saturated heterocycles. The Hall–Kier alpha value is -3.88. The average molecular weight is 474 g/mol. The van der Waals surface area contributed by atoms with Crippen molar-refractivity contribution < 1.29 is 31.1 Å². The maximum absolute atomic E-state index is 14.4. The highest BCUT2D eigenvalue weighted by Gasteiger charge is 2.32. The molecule has 0 N–H and O–H groups in total. The fraction of sp³-hybridized carbons (Fsp3) is 0.120. The van der Waals surface area contributed by atoms with Gasteiger partial charge in [-0.2, -0.15) is 0 Å². The van der Waals surface area contributed by atoms with E-state index in [1.54, 1.807) is 31.2 Å². The van der Waals surface area contributed by atoms with Gasteiger partial charge in [-0.25, -0.2) is 23.1 Å². The van der Waals surface area contributed by atoms with Gasteiger partial charge in [0.2, 0.25) is 0 Å². The smallest absolute Gasteiger partial charge is 0.403 e. The van der Waals surface area contributed by atoms with Crippen LogP contribution in [-0.2, 0) is 6.42 Å². The fourth-order valence-corrected chi connectivity index (χ4v) is 3.41. The van der Waals surface area contributed by atoms with E-state index in [-0.39, 0.29) is 11.1 Å². The second-order valence-corrected chi connectivity index (χ2v) is 7.35. The lowest BCUT2D eigenvalue weighted by Gasteiger charge is -2.11. The van der Waals surface area contributed by atoms with Gasteiger partial charge in [-0.05, 0) is 47.4 Å². The summed E-state index contributed by atoms with van der Waals surface area (Å²) in [6.45, 7) is 1.80. The summed E-state index contributed by atoms with van der Waals surface area (Å²) in [5, 5.41) is 0. The molecule has 0 spiro atoms. The molecule has 34 heavy (non-hydrogen) atoms. The molecule has 3 nitrogen and oxygen atoms in total. The summed E-state index contributed by atoms with van der Waals surface area (Å²) in [5.41, 5.74) is 1.98. The molecule has 0 aliphatic rings. The molecule has 9 heteroatoms. The molecule has 1 heterocycles. The number of rotatable bonds is 5. The van der Waals surface area contributed by atoms with Crippen LogP contribution in [0.15, 0.2) is 67.0 Å². The molecule has 0 aliphatic heterocycles. The van der Waals surface area contributed by atoms with Gasteiger partial charge >= 0.3 is 6.36 Å². The van der Waals surface area contributed by atoms with Crippen LogP contribution in [0.5, 0.6) is 5.75 Å². The molecule has 0 saturated carbocycles. The molecule has 1 aromatic heterocycles. The summed E-state index contributed by atoms with van der Waals surface area (Å²) in [7, 11) is 0. The van der Waals surface area contributed by atoms with E-state index in [1.807, 2.05) is 0 Å². The third-order valence-electron chi connectivity index (χ3n) is 5.08. The molecule has 0 aliphatic carbocycles. The minimum atomic E-state index is -4.99. The first-order valence-electron chi connectivity index (χ1n) is 10.1. The van der Waals surface area contributed by atoms with E-state index in [9.17, 15) is 26.3 Å². The van der Waals surface area contributed by atoms with Crippen molar-refractivity contribution in [3.63, 3.8) is 0 Å². The van der Waals surface area contributed by atoms with Gasteiger partial charge in [0, 0.05) is 23.5 Å². The summed E-state index contributed by atoms with van der Waals surface area (Å²) in [5.74, 6) is -3.17. The first-order chi connectivity index (χ1) is 16.1. The number of aromatic nitrogens is 2. The number of nitrogens with zero attached hydrogens (tertiary/aromatic N) is 2. The van der Waals surface area contributed by atoms with E-state index in [0.29, 0.717) is 34.5 Å². The molecule has 0 atom stereocenters. The summed E-state index contributed by atoms with van der Waals surface area (Å²) in [6, 6.07) is 12.2. The summed E-state index contributed by atoms with van der Waals surface area (Å²) in [6.07, 6.45) is -1.86. The van der Waals surface area contributed by atoms with Crippen LogP contribution in [0.1, 0.15) is 12.5 Å². The molecular formula is C25H16F6N2O. The highest BCUT2D eigenvalue weighted by atomic mass is 19.4. The van der Waals surface area contributed by atoms with E-state index in [1.165, 1.54) is 30.6 Å². The van der Waals surface area contributed by atoms with Crippen LogP contribution in [0.4, 0.5) is 26.3 Å². The third-order valence-corrected chi connectivity index (χ3v) is 5.08. The number of benzene rings is 3. The standard InChI is InChI=1S/C25H16F6N2O/c1-2-14-9-20(27)23(21(28)10-14)18-12-32-24(33-13-18)16-5-3-15(4-6-16)17-7-8-22(19(26)11-17)34-25(29,30)31/h3-13H,2H2,1H3. The molecular weight excluding hydrogens is 458 g/mol. The van der Waals surface area contributed by atoms with Crippen LogP contribution >= 0.6 is 0 Å². The van der Waals surface area contributed by atoms with Crippen molar-refractivity contribution in [3.05, 3.63) is 90.0 Å². The normalized spacial score (nSPS) is 11.5. The van der Waals surface area contributed by atoms with Gasteiger partial charge in [0.1, 0.15) is 11.6 Å². The average Bonchev–Trinajstić information content (AvgIpc) is 2.79. The Bertz CT molecular complexity index is 1300. The molecule has 0 radical (unpaired) electrons. The number of hydrogen-bond donors (Lipinski definition) is 0. The summed E-state index contributed by atoms with van der Waals surface area (Å²) >= 11 is 0. The van der Waals surface area contributed by atoms with Crippen molar-refractivity contribution in [3.8, 4) is 39.4 Å². The minimum Gasteiger partial charge on any atom is -0.403 e. The van der Waals surface area contributed by atoms with Crippen molar-refractivity contribution in [1.29, 1.82) is 0 Å². The van der Waals surface area contributed by atoms with Crippen LogP contribution in [-0.4, -0.2) is 16.3 Å². The van der Waals surface area contributed by atoms with Gasteiger partial charge in [0.05, 0.1) is 5.56 Å². The lowest BCUT2D eigenvalue weighted by molar-refractivity contribution is -0.275. The molecule has 174 valence electrons. The second-order valence-electron chi connectivity index (χ2n) is 7.35. The highest BCUT2D eigenvalue weighted by molar-refractivity contribution is 5.69. The van der Waals surface area contributed by atoms with Gasteiger partial charge in [-0.15, -0.1) is 13.2 Å².